The van der Waals surface area contributed by atoms with Gasteiger partial charge in [-0.3, -0.25) is 0 Å². The van der Waals surface area contributed by atoms with Crippen molar-refractivity contribution in [3.8, 4) is 28.6 Å². The minimum atomic E-state index is -4.61. The third-order valence-electron chi connectivity index (χ3n) is 8.77. The molecule has 0 saturated heterocycles. The molecule has 8 rings (SSSR count). The normalized spacial score (nSPS) is 12.4. The molecule has 0 unspecified atom stereocenters. The minimum Gasteiger partial charge on any atom is -0.308 e. The summed E-state index contributed by atoms with van der Waals surface area (Å²) < 4.78 is 88.0. The molecule has 0 spiro atoms. The van der Waals surface area contributed by atoms with Gasteiger partial charge in [-0.2, -0.15) is 31.6 Å². The van der Waals surface area contributed by atoms with Gasteiger partial charge in [0.15, 0.2) is 0 Å². The number of rotatable bonds is 3. The molecule has 3 nitrogen and oxygen atoms in total. The topological polar surface area (TPSA) is 33.6 Å². The lowest BCUT2D eigenvalue weighted by Crippen LogP contribution is -2.07. The summed E-state index contributed by atoms with van der Waals surface area (Å²) in [4.78, 5) is 0. The molecular formula is C39H21F6N3. The van der Waals surface area contributed by atoms with Gasteiger partial charge in [0.2, 0.25) is 0 Å². The number of para-hydroxylation sites is 2. The molecule has 0 aliphatic rings. The van der Waals surface area contributed by atoms with Crippen LogP contribution in [-0.4, -0.2) is 9.13 Å². The van der Waals surface area contributed by atoms with Crippen LogP contribution in [0, 0.1) is 11.3 Å². The first kappa shape index (κ1) is 29.4. The second kappa shape index (κ2) is 10.5. The zero-order valence-corrected chi connectivity index (χ0v) is 24.7. The fourth-order valence-electron chi connectivity index (χ4n) is 6.74. The smallest absolute Gasteiger partial charge is 0.308 e. The molecule has 0 bridgehead atoms. The molecule has 6 aromatic carbocycles. The molecule has 0 aliphatic carbocycles. The molecule has 48 heavy (non-hydrogen) atoms. The summed E-state index contributed by atoms with van der Waals surface area (Å²) in [6.07, 6.45) is -9.23. The van der Waals surface area contributed by atoms with Crippen molar-refractivity contribution in [2.45, 2.75) is 12.4 Å². The highest BCUT2D eigenvalue weighted by molar-refractivity contribution is 6.12. The third-order valence-corrected chi connectivity index (χ3v) is 8.77. The van der Waals surface area contributed by atoms with E-state index in [9.17, 15) is 31.6 Å². The van der Waals surface area contributed by atoms with Gasteiger partial charge in [-0.25, -0.2) is 0 Å². The maximum absolute atomic E-state index is 14.1. The third kappa shape index (κ3) is 4.52. The van der Waals surface area contributed by atoms with Gasteiger partial charge in [0.05, 0.1) is 56.2 Å². The average Bonchev–Trinajstić information content (AvgIpc) is 3.59. The molecule has 2 heterocycles. The molecule has 234 valence electrons. The van der Waals surface area contributed by atoms with Crippen LogP contribution >= 0.6 is 0 Å². The van der Waals surface area contributed by atoms with Crippen LogP contribution in [0.3, 0.4) is 0 Å². The molecule has 0 saturated carbocycles. The van der Waals surface area contributed by atoms with Crippen LogP contribution in [0.5, 0.6) is 0 Å². The Hall–Kier alpha value is -6.01. The Morgan fingerprint density at radius 2 is 0.875 bits per heavy atom. The Labute approximate surface area is 269 Å². The minimum absolute atomic E-state index is 0.176. The molecule has 0 aliphatic heterocycles. The van der Waals surface area contributed by atoms with Gasteiger partial charge < -0.3 is 9.13 Å². The first-order chi connectivity index (χ1) is 23.0. The van der Waals surface area contributed by atoms with Gasteiger partial charge in [-0.15, -0.1) is 0 Å². The fourth-order valence-corrected chi connectivity index (χ4v) is 6.74. The first-order valence-corrected chi connectivity index (χ1v) is 14.9. The summed E-state index contributed by atoms with van der Waals surface area (Å²) in [6, 6.07) is 36.1. The molecule has 0 atom stereocenters. The Morgan fingerprint density at radius 3 is 1.31 bits per heavy atom. The van der Waals surface area contributed by atoms with E-state index in [1.165, 1.54) is 12.1 Å². The van der Waals surface area contributed by atoms with Crippen LogP contribution in [0.2, 0.25) is 0 Å². The summed E-state index contributed by atoms with van der Waals surface area (Å²) in [5.41, 5.74) is 2.23. The molecule has 0 N–H and O–H groups in total. The Kier molecular flexibility index (Phi) is 6.43. The fraction of sp³-hybridized carbons (Fsp3) is 0.0513. The molecule has 2 aromatic heterocycles. The highest BCUT2D eigenvalue weighted by Crippen LogP contribution is 2.44. The average molecular weight is 646 g/mol. The van der Waals surface area contributed by atoms with Gasteiger partial charge in [-0.1, -0.05) is 78.9 Å². The monoisotopic (exact) mass is 645 g/mol. The zero-order valence-electron chi connectivity index (χ0n) is 24.7. The molecule has 0 radical (unpaired) electrons. The SMILES string of the molecule is N#Cc1cc(-n2c3ccccc3c3ccc(C(F)(F)F)cc32)c(-c2ccccc2)c(-n2c3ccccc3c3ccc(C(F)(F)F)cc32)c1. The number of hydrogen-bond acceptors (Lipinski definition) is 1. The van der Waals surface area contributed by atoms with Gasteiger partial charge >= 0.3 is 12.4 Å². The van der Waals surface area contributed by atoms with Crippen molar-refractivity contribution in [2.75, 3.05) is 0 Å². The maximum atomic E-state index is 14.1. The van der Waals surface area contributed by atoms with Crippen molar-refractivity contribution in [2.24, 2.45) is 0 Å². The van der Waals surface area contributed by atoms with Crippen molar-refractivity contribution in [3.63, 3.8) is 0 Å². The van der Waals surface area contributed by atoms with Crippen molar-refractivity contribution in [1.82, 2.24) is 9.13 Å². The zero-order chi connectivity index (χ0) is 33.4. The number of benzene rings is 6. The van der Waals surface area contributed by atoms with Crippen LogP contribution in [-0.2, 0) is 12.4 Å². The summed E-state index contributed by atoms with van der Waals surface area (Å²) >= 11 is 0. The lowest BCUT2D eigenvalue weighted by atomic mass is 9.98. The molecular weight excluding hydrogens is 624 g/mol. The van der Waals surface area contributed by atoms with E-state index in [4.69, 9.17) is 0 Å². The van der Waals surface area contributed by atoms with E-state index in [0.29, 0.717) is 55.1 Å². The summed E-state index contributed by atoms with van der Waals surface area (Å²) in [5, 5.41) is 12.9. The van der Waals surface area contributed by atoms with E-state index in [1.807, 2.05) is 42.5 Å². The number of nitrogens with zero attached hydrogens (tertiary/aromatic N) is 3. The molecule has 8 aromatic rings. The number of halogens is 6. The quantitative estimate of drug-likeness (QED) is 0.176. The van der Waals surface area contributed by atoms with Gasteiger partial charge in [0, 0.05) is 27.1 Å². The lowest BCUT2D eigenvalue weighted by Gasteiger charge is -2.21. The standard InChI is InChI=1S/C39H21F6N3/c40-38(41,42)25-14-16-29-27-10-4-6-12-31(27)47(33(29)20-25)35-18-23(22-46)19-36(37(35)24-8-2-1-3-9-24)48-32-13-7-5-11-28(32)30-17-15-26(21-34(30)48)39(43,44)45/h1-21H. The van der Waals surface area contributed by atoms with Gasteiger partial charge in [0.25, 0.3) is 0 Å². The van der Waals surface area contributed by atoms with Crippen molar-refractivity contribution in [3.05, 3.63) is 144 Å². The number of alkyl halides is 6. The lowest BCUT2D eigenvalue weighted by molar-refractivity contribution is -0.138. The molecule has 0 amide bonds. The predicted molar refractivity (Wildman–Crippen MR) is 175 cm³/mol. The molecule has 9 heteroatoms. The van der Waals surface area contributed by atoms with E-state index >= 15 is 0 Å². The maximum Gasteiger partial charge on any atom is 0.416 e. The van der Waals surface area contributed by atoms with Crippen LogP contribution in [0.4, 0.5) is 26.3 Å². The Morgan fingerprint density at radius 1 is 0.458 bits per heavy atom. The second-order valence-corrected chi connectivity index (χ2v) is 11.5. The predicted octanol–water partition coefficient (Wildman–Crippen LogP) is 11.5. The van der Waals surface area contributed by atoms with E-state index in [0.717, 1.165) is 24.3 Å². The van der Waals surface area contributed by atoms with Crippen molar-refractivity contribution < 1.29 is 26.3 Å². The summed E-state index contributed by atoms with van der Waals surface area (Å²) in [6.45, 7) is 0. The first-order valence-electron chi connectivity index (χ1n) is 14.9. The van der Waals surface area contributed by atoms with Crippen molar-refractivity contribution >= 4 is 43.6 Å². The second-order valence-electron chi connectivity index (χ2n) is 11.5. The number of fused-ring (bicyclic) bond motifs is 6. The van der Waals surface area contributed by atoms with Crippen LogP contribution in [0.25, 0.3) is 66.1 Å². The number of nitriles is 1. The van der Waals surface area contributed by atoms with Gasteiger partial charge in [-0.05, 0) is 54.1 Å². The van der Waals surface area contributed by atoms with E-state index in [1.54, 1.807) is 57.7 Å². The highest BCUT2D eigenvalue weighted by atomic mass is 19.4. The molecule has 0 fully saturated rings. The Balaban J connectivity index is 1.59. The van der Waals surface area contributed by atoms with Crippen molar-refractivity contribution in [1.29, 1.82) is 5.26 Å². The largest absolute Gasteiger partial charge is 0.416 e. The summed E-state index contributed by atoms with van der Waals surface area (Å²) in [7, 11) is 0. The number of hydrogen-bond donors (Lipinski definition) is 0. The van der Waals surface area contributed by atoms with Crippen LogP contribution in [0.15, 0.2) is 127 Å². The van der Waals surface area contributed by atoms with Crippen LogP contribution in [0.1, 0.15) is 16.7 Å². The van der Waals surface area contributed by atoms with Crippen LogP contribution < -0.4 is 0 Å². The van der Waals surface area contributed by atoms with E-state index in [-0.39, 0.29) is 16.6 Å². The van der Waals surface area contributed by atoms with E-state index in [2.05, 4.69) is 6.07 Å². The summed E-state index contributed by atoms with van der Waals surface area (Å²) in [5.74, 6) is 0. The van der Waals surface area contributed by atoms with Gasteiger partial charge in [0.1, 0.15) is 0 Å². The van der Waals surface area contributed by atoms with E-state index < -0.39 is 23.5 Å². The number of aromatic nitrogens is 2. The Bertz CT molecular complexity index is 2450. The highest BCUT2D eigenvalue weighted by Gasteiger charge is 2.33.